The first-order chi connectivity index (χ1) is 9.19. The first-order valence-electron chi connectivity index (χ1n) is 6.68. The Morgan fingerprint density at radius 3 is 2.95 bits per heavy atom. The summed E-state index contributed by atoms with van der Waals surface area (Å²) < 4.78 is 5.51. The second-order valence-electron chi connectivity index (χ2n) is 4.77. The molecule has 0 spiro atoms. The molecule has 0 unspecified atom stereocenters. The maximum atomic E-state index is 5.51. The number of hydrogen-bond donors (Lipinski definition) is 1. The molecule has 2 aromatic heterocycles. The number of aryl methyl sites for hydroxylation is 2. The molecule has 0 bridgehead atoms. The van der Waals surface area contributed by atoms with Crippen molar-refractivity contribution < 1.29 is 4.42 Å². The fraction of sp³-hybridized carbons (Fsp3) is 0.500. The zero-order chi connectivity index (χ0) is 13.7. The summed E-state index contributed by atoms with van der Waals surface area (Å²) in [6.07, 6.45) is 4.48. The Morgan fingerprint density at radius 2 is 2.21 bits per heavy atom. The van der Waals surface area contributed by atoms with Crippen LogP contribution < -0.4 is 5.32 Å². The van der Waals surface area contributed by atoms with Gasteiger partial charge in [0.25, 0.3) is 0 Å². The molecule has 5 heteroatoms. The van der Waals surface area contributed by atoms with Gasteiger partial charge < -0.3 is 9.73 Å². The van der Waals surface area contributed by atoms with Gasteiger partial charge in [0.2, 0.25) is 5.89 Å². The topological polar surface area (TPSA) is 63.8 Å². The minimum absolute atomic E-state index is 0.198. The highest BCUT2D eigenvalue weighted by Crippen LogP contribution is 2.12. The van der Waals surface area contributed by atoms with Gasteiger partial charge >= 0.3 is 6.01 Å². The standard InChI is InChI=1S/C14H20N4O/c1-4-6-13-17-18-14(19-13)16-11(3)9-12-10(2)7-5-8-15-12/h5,7-8,11H,4,6,9H2,1-3H3,(H,16,18)/t11-/m1/s1. The van der Waals surface area contributed by atoms with E-state index in [0.717, 1.165) is 25.0 Å². The largest absolute Gasteiger partial charge is 0.408 e. The van der Waals surface area contributed by atoms with Crippen molar-refractivity contribution in [1.82, 2.24) is 15.2 Å². The minimum Gasteiger partial charge on any atom is -0.408 e. The molecular formula is C14H20N4O. The highest BCUT2D eigenvalue weighted by atomic mass is 16.4. The van der Waals surface area contributed by atoms with Crippen molar-refractivity contribution in [3.05, 3.63) is 35.5 Å². The Balaban J connectivity index is 1.93. The Bertz CT molecular complexity index is 524. The maximum absolute atomic E-state index is 5.51. The second kappa shape index (κ2) is 6.31. The van der Waals surface area contributed by atoms with Crippen molar-refractivity contribution in [1.29, 1.82) is 0 Å². The molecule has 0 saturated heterocycles. The summed E-state index contributed by atoms with van der Waals surface area (Å²) in [5.74, 6) is 0.686. The Kier molecular flexibility index (Phi) is 4.49. The van der Waals surface area contributed by atoms with E-state index in [1.54, 1.807) is 0 Å². The van der Waals surface area contributed by atoms with E-state index in [2.05, 4.69) is 47.3 Å². The van der Waals surface area contributed by atoms with Crippen molar-refractivity contribution in [2.45, 2.75) is 46.1 Å². The lowest BCUT2D eigenvalue weighted by Gasteiger charge is -2.12. The first kappa shape index (κ1) is 13.5. The van der Waals surface area contributed by atoms with Crippen LogP contribution in [0.15, 0.2) is 22.7 Å². The summed E-state index contributed by atoms with van der Waals surface area (Å²) >= 11 is 0. The zero-order valence-electron chi connectivity index (χ0n) is 11.7. The average Bonchev–Trinajstić information content (AvgIpc) is 2.80. The number of nitrogens with one attached hydrogen (secondary N) is 1. The molecule has 1 N–H and O–H groups in total. The number of nitrogens with zero attached hydrogens (tertiary/aromatic N) is 3. The van der Waals surface area contributed by atoms with Gasteiger partial charge in [-0.3, -0.25) is 4.98 Å². The number of aromatic nitrogens is 3. The molecule has 2 heterocycles. The molecule has 0 aliphatic heterocycles. The fourth-order valence-corrected chi connectivity index (χ4v) is 1.91. The molecule has 2 aromatic rings. The van der Waals surface area contributed by atoms with Gasteiger partial charge in [0.05, 0.1) is 0 Å². The molecule has 5 nitrogen and oxygen atoms in total. The first-order valence-corrected chi connectivity index (χ1v) is 6.68. The molecule has 0 aliphatic rings. The van der Waals surface area contributed by atoms with Crippen molar-refractivity contribution >= 4 is 6.01 Å². The predicted octanol–water partition coefficient (Wildman–Crippen LogP) is 2.77. The van der Waals surface area contributed by atoms with Crippen LogP contribution in [0.3, 0.4) is 0 Å². The third-order valence-corrected chi connectivity index (χ3v) is 2.92. The van der Waals surface area contributed by atoms with E-state index in [4.69, 9.17) is 4.42 Å². The number of hydrogen-bond acceptors (Lipinski definition) is 5. The summed E-state index contributed by atoms with van der Waals surface area (Å²) in [4.78, 5) is 4.39. The van der Waals surface area contributed by atoms with Gasteiger partial charge in [-0.1, -0.05) is 18.1 Å². The van der Waals surface area contributed by atoms with Gasteiger partial charge in [-0.15, -0.1) is 5.10 Å². The minimum atomic E-state index is 0.198. The monoisotopic (exact) mass is 260 g/mol. The summed E-state index contributed by atoms with van der Waals surface area (Å²) in [6.45, 7) is 6.24. The highest BCUT2D eigenvalue weighted by molar-refractivity contribution is 5.23. The summed E-state index contributed by atoms with van der Waals surface area (Å²) in [6, 6.07) is 4.71. The van der Waals surface area contributed by atoms with Crippen LogP contribution in [0.5, 0.6) is 0 Å². The van der Waals surface area contributed by atoms with Gasteiger partial charge in [-0.25, -0.2) is 0 Å². The Labute approximate surface area is 113 Å². The lowest BCUT2D eigenvalue weighted by atomic mass is 10.1. The van der Waals surface area contributed by atoms with E-state index < -0.39 is 0 Å². The van der Waals surface area contributed by atoms with Crippen molar-refractivity contribution in [2.24, 2.45) is 0 Å². The van der Waals surface area contributed by atoms with Gasteiger partial charge in [0.15, 0.2) is 0 Å². The Morgan fingerprint density at radius 1 is 1.37 bits per heavy atom. The number of rotatable bonds is 6. The summed E-state index contributed by atoms with van der Waals surface area (Å²) in [5, 5.41) is 11.2. The normalized spacial score (nSPS) is 12.4. The zero-order valence-corrected chi connectivity index (χ0v) is 11.7. The molecule has 19 heavy (non-hydrogen) atoms. The lowest BCUT2D eigenvalue weighted by molar-refractivity contribution is 0.496. The van der Waals surface area contributed by atoms with E-state index in [-0.39, 0.29) is 6.04 Å². The molecule has 0 aliphatic carbocycles. The molecule has 0 saturated carbocycles. The van der Waals surface area contributed by atoms with Crippen LogP contribution in [-0.2, 0) is 12.8 Å². The van der Waals surface area contributed by atoms with Crippen LogP contribution in [-0.4, -0.2) is 21.2 Å². The molecule has 102 valence electrons. The van der Waals surface area contributed by atoms with Crippen LogP contribution in [0.25, 0.3) is 0 Å². The van der Waals surface area contributed by atoms with Crippen LogP contribution in [0, 0.1) is 6.92 Å². The molecule has 1 atom stereocenters. The summed E-state index contributed by atoms with van der Waals surface area (Å²) in [5.41, 5.74) is 2.30. The average molecular weight is 260 g/mol. The third-order valence-electron chi connectivity index (χ3n) is 2.92. The molecule has 2 rings (SSSR count). The van der Waals surface area contributed by atoms with Gasteiger partial charge in [0, 0.05) is 30.8 Å². The van der Waals surface area contributed by atoms with Crippen molar-refractivity contribution in [2.75, 3.05) is 5.32 Å². The number of anilines is 1. The lowest BCUT2D eigenvalue weighted by Crippen LogP contribution is -2.19. The Hall–Kier alpha value is -1.91. The van der Waals surface area contributed by atoms with Crippen LogP contribution in [0.1, 0.15) is 37.4 Å². The summed E-state index contributed by atoms with van der Waals surface area (Å²) in [7, 11) is 0. The van der Waals surface area contributed by atoms with Crippen LogP contribution >= 0.6 is 0 Å². The molecule has 0 fully saturated rings. The fourth-order valence-electron chi connectivity index (χ4n) is 1.91. The van der Waals surface area contributed by atoms with Crippen LogP contribution in [0.2, 0.25) is 0 Å². The van der Waals surface area contributed by atoms with Gasteiger partial charge in [-0.2, -0.15) is 0 Å². The van der Waals surface area contributed by atoms with E-state index in [9.17, 15) is 0 Å². The van der Waals surface area contributed by atoms with Gasteiger partial charge in [-0.05, 0) is 31.9 Å². The highest BCUT2D eigenvalue weighted by Gasteiger charge is 2.11. The van der Waals surface area contributed by atoms with Crippen molar-refractivity contribution in [3.8, 4) is 0 Å². The third kappa shape index (κ3) is 3.77. The van der Waals surface area contributed by atoms with E-state index in [0.29, 0.717) is 11.9 Å². The van der Waals surface area contributed by atoms with E-state index in [1.165, 1.54) is 5.56 Å². The molecular weight excluding hydrogens is 240 g/mol. The molecule has 0 radical (unpaired) electrons. The smallest absolute Gasteiger partial charge is 0.315 e. The SMILES string of the molecule is CCCc1nnc(N[C@H](C)Cc2ncccc2C)o1. The molecule has 0 amide bonds. The molecule has 0 aromatic carbocycles. The van der Waals surface area contributed by atoms with E-state index in [1.807, 2.05) is 12.3 Å². The quantitative estimate of drug-likeness (QED) is 0.865. The predicted molar refractivity (Wildman–Crippen MR) is 74.1 cm³/mol. The van der Waals surface area contributed by atoms with Crippen molar-refractivity contribution in [3.63, 3.8) is 0 Å². The maximum Gasteiger partial charge on any atom is 0.315 e. The number of pyridine rings is 1. The van der Waals surface area contributed by atoms with E-state index >= 15 is 0 Å². The second-order valence-corrected chi connectivity index (χ2v) is 4.77. The van der Waals surface area contributed by atoms with Crippen LogP contribution in [0.4, 0.5) is 6.01 Å². The van der Waals surface area contributed by atoms with Gasteiger partial charge in [0.1, 0.15) is 0 Å².